The van der Waals surface area contributed by atoms with Crippen molar-refractivity contribution < 1.29 is 14.7 Å². The smallest absolute Gasteiger partial charge is 0.308 e. The summed E-state index contributed by atoms with van der Waals surface area (Å²) in [5, 5.41) is 12.2. The number of hydrogen-bond donors (Lipinski definition) is 2. The van der Waals surface area contributed by atoms with E-state index in [1.54, 1.807) is 0 Å². The molecule has 0 spiro atoms. The van der Waals surface area contributed by atoms with Crippen molar-refractivity contribution >= 4 is 11.9 Å². The van der Waals surface area contributed by atoms with Crippen LogP contribution in [-0.2, 0) is 9.59 Å². The maximum absolute atomic E-state index is 12.0. The molecule has 5 heteroatoms. The first-order valence-electron chi connectivity index (χ1n) is 7.34. The van der Waals surface area contributed by atoms with Crippen molar-refractivity contribution in [1.82, 2.24) is 10.2 Å². The van der Waals surface area contributed by atoms with Gasteiger partial charge in [-0.2, -0.15) is 0 Å². The van der Waals surface area contributed by atoms with Gasteiger partial charge in [-0.15, -0.1) is 0 Å². The summed E-state index contributed by atoms with van der Waals surface area (Å²) in [5.74, 6) is -0.950. The highest BCUT2D eigenvalue weighted by Crippen LogP contribution is 2.41. The zero-order valence-corrected chi connectivity index (χ0v) is 11.8. The fourth-order valence-corrected chi connectivity index (χ4v) is 3.55. The van der Waals surface area contributed by atoms with E-state index in [4.69, 9.17) is 0 Å². The van der Waals surface area contributed by atoms with Gasteiger partial charge in [-0.3, -0.25) is 14.5 Å². The number of aliphatic carboxylic acids is 1. The molecule has 0 aromatic heterocycles. The minimum atomic E-state index is -0.711. The van der Waals surface area contributed by atoms with Gasteiger partial charge in [-0.1, -0.05) is 13.8 Å². The molecule has 0 saturated carbocycles. The van der Waals surface area contributed by atoms with E-state index in [-0.39, 0.29) is 23.9 Å². The molecule has 5 nitrogen and oxygen atoms in total. The molecule has 3 unspecified atom stereocenters. The summed E-state index contributed by atoms with van der Waals surface area (Å²) in [6.45, 7) is 4.48. The Morgan fingerprint density at radius 1 is 1.32 bits per heavy atom. The molecule has 2 aliphatic rings. The monoisotopic (exact) mass is 268 g/mol. The number of carboxylic acid groups (broad SMARTS) is 1. The summed E-state index contributed by atoms with van der Waals surface area (Å²) < 4.78 is 0. The largest absolute Gasteiger partial charge is 0.481 e. The third-order valence-electron chi connectivity index (χ3n) is 4.68. The van der Waals surface area contributed by atoms with Gasteiger partial charge in [0.05, 0.1) is 12.5 Å². The quantitative estimate of drug-likeness (QED) is 0.760. The highest BCUT2D eigenvalue weighted by molar-refractivity contribution is 5.79. The highest BCUT2D eigenvalue weighted by Gasteiger charge is 2.49. The van der Waals surface area contributed by atoms with E-state index in [1.807, 2.05) is 0 Å². The van der Waals surface area contributed by atoms with Gasteiger partial charge in [-0.05, 0) is 32.1 Å². The Balaban J connectivity index is 1.90. The van der Waals surface area contributed by atoms with Crippen LogP contribution in [0.2, 0.25) is 0 Å². The third kappa shape index (κ3) is 2.91. The predicted octanol–water partition coefficient (Wildman–Crippen LogP) is 1.23. The second-order valence-electron chi connectivity index (χ2n) is 5.73. The normalized spacial score (nSPS) is 29.9. The van der Waals surface area contributed by atoms with Crippen LogP contribution in [0.25, 0.3) is 0 Å². The Kier molecular flexibility index (Phi) is 4.45. The number of carbonyl (C=O) groups is 2. The molecule has 2 fully saturated rings. The lowest BCUT2D eigenvalue weighted by molar-refractivity contribution is -0.143. The molecule has 3 atom stereocenters. The topological polar surface area (TPSA) is 69.6 Å². The Morgan fingerprint density at radius 3 is 2.53 bits per heavy atom. The van der Waals surface area contributed by atoms with Gasteiger partial charge in [0.25, 0.3) is 0 Å². The molecule has 108 valence electrons. The molecule has 0 aliphatic carbocycles. The first-order valence-corrected chi connectivity index (χ1v) is 7.34. The van der Waals surface area contributed by atoms with Gasteiger partial charge >= 0.3 is 5.97 Å². The standard InChI is InChI=1S/C14H24N2O3/c1-3-9(4-2)15-13(17)8-16-10-5-6-12(16)11(7-10)14(18)19/h9-12H,3-8H2,1-2H3,(H,15,17)(H,18,19). The minimum Gasteiger partial charge on any atom is -0.481 e. The van der Waals surface area contributed by atoms with Crippen LogP contribution in [0, 0.1) is 5.92 Å². The van der Waals surface area contributed by atoms with Crippen LogP contribution in [0.5, 0.6) is 0 Å². The van der Waals surface area contributed by atoms with Crippen LogP contribution in [0.4, 0.5) is 0 Å². The summed E-state index contributed by atoms with van der Waals surface area (Å²) in [4.78, 5) is 25.3. The minimum absolute atomic E-state index is 0.0386. The second-order valence-corrected chi connectivity index (χ2v) is 5.73. The average Bonchev–Trinajstić information content (AvgIpc) is 2.93. The molecule has 2 aliphatic heterocycles. The van der Waals surface area contributed by atoms with Crippen molar-refractivity contribution in [1.29, 1.82) is 0 Å². The second kappa shape index (κ2) is 5.90. The van der Waals surface area contributed by atoms with Crippen LogP contribution in [0.15, 0.2) is 0 Å². The lowest BCUT2D eigenvalue weighted by Gasteiger charge is -2.23. The maximum Gasteiger partial charge on any atom is 0.308 e. The molecule has 1 amide bonds. The Bertz CT molecular complexity index is 355. The number of carboxylic acids is 1. The number of rotatable bonds is 6. The summed E-state index contributed by atoms with van der Waals surface area (Å²) in [6.07, 6.45) is 4.53. The average molecular weight is 268 g/mol. The van der Waals surface area contributed by atoms with Crippen molar-refractivity contribution in [3.63, 3.8) is 0 Å². The van der Waals surface area contributed by atoms with Crippen molar-refractivity contribution in [3.05, 3.63) is 0 Å². The van der Waals surface area contributed by atoms with Crippen LogP contribution in [0.3, 0.4) is 0 Å². The van der Waals surface area contributed by atoms with Crippen LogP contribution >= 0.6 is 0 Å². The lowest BCUT2D eigenvalue weighted by Crippen LogP contribution is -2.44. The first-order chi connectivity index (χ1) is 9.06. The zero-order chi connectivity index (χ0) is 14.0. The number of amides is 1. The predicted molar refractivity (Wildman–Crippen MR) is 71.8 cm³/mol. The first kappa shape index (κ1) is 14.3. The van der Waals surface area contributed by atoms with Gasteiger partial charge in [0.1, 0.15) is 0 Å². The van der Waals surface area contributed by atoms with Crippen molar-refractivity contribution in [2.45, 2.75) is 64.1 Å². The fraction of sp³-hybridized carbons (Fsp3) is 0.857. The van der Waals surface area contributed by atoms with E-state index in [9.17, 15) is 14.7 Å². The van der Waals surface area contributed by atoms with E-state index >= 15 is 0 Å². The van der Waals surface area contributed by atoms with Gasteiger partial charge in [0.2, 0.25) is 5.91 Å². The Labute approximate surface area is 114 Å². The number of fused-ring (bicyclic) bond motifs is 2. The number of carbonyl (C=O) groups excluding carboxylic acids is 1. The molecule has 2 rings (SSSR count). The molecule has 0 aromatic rings. The number of nitrogens with zero attached hydrogens (tertiary/aromatic N) is 1. The molecule has 2 bridgehead atoms. The van der Waals surface area contributed by atoms with Crippen molar-refractivity contribution in [2.24, 2.45) is 5.92 Å². The van der Waals surface area contributed by atoms with Gasteiger partial charge < -0.3 is 10.4 Å². The SMILES string of the molecule is CCC(CC)NC(=O)CN1C2CCC1C(C(=O)O)C2. The Hall–Kier alpha value is -1.10. The molecule has 0 aromatic carbocycles. The van der Waals surface area contributed by atoms with E-state index < -0.39 is 5.97 Å². The van der Waals surface area contributed by atoms with E-state index in [0.717, 1.165) is 25.7 Å². The van der Waals surface area contributed by atoms with Crippen LogP contribution in [0.1, 0.15) is 46.0 Å². The molecule has 2 heterocycles. The number of hydrogen-bond acceptors (Lipinski definition) is 3. The molecule has 19 heavy (non-hydrogen) atoms. The third-order valence-corrected chi connectivity index (χ3v) is 4.68. The van der Waals surface area contributed by atoms with Crippen LogP contribution < -0.4 is 5.32 Å². The zero-order valence-electron chi connectivity index (χ0n) is 11.8. The molecule has 0 radical (unpaired) electrons. The maximum atomic E-state index is 12.0. The van der Waals surface area contributed by atoms with E-state index in [0.29, 0.717) is 19.0 Å². The van der Waals surface area contributed by atoms with Crippen molar-refractivity contribution in [3.8, 4) is 0 Å². The lowest BCUT2D eigenvalue weighted by atomic mass is 9.89. The van der Waals surface area contributed by atoms with Gasteiger partial charge in [-0.25, -0.2) is 0 Å². The van der Waals surface area contributed by atoms with Crippen LogP contribution in [-0.4, -0.2) is 46.6 Å². The summed E-state index contributed by atoms with van der Waals surface area (Å²) in [5.41, 5.74) is 0. The van der Waals surface area contributed by atoms with E-state index in [2.05, 4.69) is 24.1 Å². The molecule has 2 N–H and O–H groups in total. The van der Waals surface area contributed by atoms with E-state index in [1.165, 1.54) is 0 Å². The summed E-state index contributed by atoms with van der Waals surface area (Å²) >= 11 is 0. The van der Waals surface area contributed by atoms with Gasteiger partial charge in [0, 0.05) is 18.1 Å². The molecule has 2 saturated heterocycles. The molecular formula is C14H24N2O3. The molecular weight excluding hydrogens is 244 g/mol. The summed E-state index contributed by atoms with van der Waals surface area (Å²) in [7, 11) is 0. The number of nitrogens with one attached hydrogen (secondary N) is 1. The highest BCUT2D eigenvalue weighted by atomic mass is 16.4. The fourth-order valence-electron chi connectivity index (χ4n) is 3.55. The Morgan fingerprint density at radius 2 is 2.00 bits per heavy atom. The summed E-state index contributed by atoms with van der Waals surface area (Å²) in [6, 6.07) is 0.594. The van der Waals surface area contributed by atoms with Crippen molar-refractivity contribution in [2.75, 3.05) is 6.54 Å². The van der Waals surface area contributed by atoms with Gasteiger partial charge in [0.15, 0.2) is 0 Å².